The average Bonchev–Trinajstić information content (AvgIpc) is 3.16. The van der Waals surface area contributed by atoms with Gasteiger partial charge < -0.3 is 9.47 Å². The molecule has 2 heteroatoms. The number of nitrogens with zero attached hydrogens (tertiary/aromatic N) is 2. The summed E-state index contributed by atoms with van der Waals surface area (Å²) in [7, 11) is 0. The third kappa shape index (κ3) is 4.75. The lowest BCUT2D eigenvalue weighted by molar-refractivity contribution is 0.678. The summed E-state index contributed by atoms with van der Waals surface area (Å²) in [5.41, 5.74) is 6.47. The van der Waals surface area contributed by atoms with Crippen molar-refractivity contribution in [3.8, 4) is 0 Å². The molecule has 0 fully saturated rings. The van der Waals surface area contributed by atoms with E-state index >= 15 is 0 Å². The highest BCUT2D eigenvalue weighted by molar-refractivity contribution is 6.08. The first-order chi connectivity index (χ1) is 15.7. The number of anilines is 1. The van der Waals surface area contributed by atoms with E-state index in [1.165, 1.54) is 64.3 Å². The standard InChI is InChI=1S/C30H36N2/c1-4-7-21-31(22-8-5-2)26-18-15-24(16-19-26)13-14-25-17-20-30-28(23-25)27-11-9-10-12-29(27)32(30)6-3/h9-20,23H,4-8,21-22H2,1-3H3/b14-13+. The molecule has 0 aliphatic rings. The maximum Gasteiger partial charge on any atom is 0.0491 e. The zero-order chi connectivity index (χ0) is 22.3. The van der Waals surface area contributed by atoms with Gasteiger partial charge in [0.15, 0.2) is 0 Å². The van der Waals surface area contributed by atoms with Gasteiger partial charge in [0.2, 0.25) is 0 Å². The van der Waals surface area contributed by atoms with Gasteiger partial charge in [-0.2, -0.15) is 0 Å². The van der Waals surface area contributed by atoms with Crippen LogP contribution >= 0.6 is 0 Å². The molecule has 0 atom stereocenters. The van der Waals surface area contributed by atoms with Crippen molar-refractivity contribution >= 4 is 39.6 Å². The molecule has 1 heterocycles. The van der Waals surface area contributed by atoms with Crippen LogP contribution in [0.4, 0.5) is 5.69 Å². The van der Waals surface area contributed by atoms with Gasteiger partial charge in [0.05, 0.1) is 0 Å². The zero-order valence-corrected chi connectivity index (χ0v) is 19.8. The Morgan fingerprint density at radius 1 is 0.688 bits per heavy atom. The Bertz CT molecular complexity index is 1170. The molecule has 1 aromatic heterocycles. The number of unbranched alkanes of at least 4 members (excludes halogenated alkanes) is 2. The maximum atomic E-state index is 2.54. The molecule has 2 nitrogen and oxygen atoms in total. The molecule has 0 aliphatic heterocycles. The second-order valence-electron chi connectivity index (χ2n) is 8.66. The predicted molar refractivity (Wildman–Crippen MR) is 143 cm³/mol. The molecule has 166 valence electrons. The number of benzene rings is 3. The van der Waals surface area contributed by atoms with Gasteiger partial charge in [-0.3, -0.25) is 0 Å². The van der Waals surface area contributed by atoms with E-state index in [2.05, 4.69) is 109 Å². The second kappa shape index (κ2) is 10.5. The summed E-state index contributed by atoms with van der Waals surface area (Å²) in [6.07, 6.45) is 9.45. The Morgan fingerprint density at radius 2 is 1.31 bits per heavy atom. The van der Waals surface area contributed by atoms with E-state index in [4.69, 9.17) is 0 Å². The van der Waals surface area contributed by atoms with E-state index in [1.54, 1.807) is 0 Å². The predicted octanol–water partition coefficient (Wildman–Crippen LogP) is 8.39. The average molecular weight is 425 g/mol. The third-order valence-electron chi connectivity index (χ3n) is 6.40. The Hall–Kier alpha value is -3.00. The summed E-state index contributed by atoms with van der Waals surface area (Å²) in [6, 6.07) is 24.6. The van der Waals surface area contributed by atoms with Crippen molar-refractivity contribution < 1.29 is 0 Å². The molecule has 0 spiro atoms. The highest BCUT2D eigenvalue weighted by Gasteiger charge is 2.09. The van der Waals surface area contributed by atoms with E-state index in [0.29, 0.717) is 0 Å². The molecule has 0 amide bonds. The van der Waals surface area contributed by atoms with Gasteiger partial charge in [-0.1, -0.05) is 75.2 Å². The monoisotopic (exact) mass is 424 g/mol. The molecular weight excluding hydrogens is 388 g/mol. The molecule has 4 rings (SSSR count). The van der Waals surface area contributed by atoms with Crippen LogP contribution in [0.2, 0.25) is 0 Å². The normalized spacial score (nSPS) is 11.7. The summed E-state index contributed by atoms with van der Waals surface area (Å²) in [5.74, 6) is 0. The van der Waals surface area contributed by atoms with Gasteiger partial charge in [0.1, 0.15) is 0 Å². The second-order valence-corrected chi connectivity index (χ2v) is 8.66. The SMILES string of the molecule is CCCCN(CCCC)c1ccc(/C=C/c2ccc3c(c2)c2ccccc2n3CC)cc1. The molecule has 4 aromatic rings. The maximum absolute atomic E-state index is 2.54. The number of aryl methyl sites for hydroxylation is 1. The highest BCUT2D eigenvalue weighted by Crippen LogP contribution is 2.30. The molecule has 0 saturated heterocycles. The minimum Gasteiger partial charge on any atom is -0.372 e. The zero-order valence-electron chi connectivity index (χ0n) is 19.8. The molecule has 0 radical (unpaired) electrons. The first-order valence-electron chi connectivity index (χ1n) is 12.3. The molecule has 0 aliphatic carbocycles. The molecular formula is C30H36N2. The Labute approximate surface area is 193 Å². The molecule has 3 aromatic carbocycles. The van der Waals surface area contributed by atoms with E-state index in [-0.39, 0.29) is 0 Å². The fraction of sp³-hybridized carbons (Fsp3) is 0.333. The molecule has 0 unspecified atom stereocenters. The van der Waals surface area contributed by atoms with Gasteiger partial charge in [0, 0.05) is 47.1 Å². The van der Waals surface area contributed by atoms with Gasteiger partial charge >= 0.3 is 0 Å². The van der Waals surface area contributed by atoms with Gasteiger partial charge in [-0.25, -0.2) is 0 Å². The van der Waals surface area contributed by atoms with Crippen LogP contribution in [0.25, 0.3) is 34.0 Å². The van der Waals surface area contributed by atoms with Crippen LogP contribution in [0, 0.1) is 0 Å². The van der Waals surface area contributed by atoms with Crippen molar-refractivity contribution in [2.24, 2.45) is 0 Å². The summed E-state index contributed by atoms with van der Waals surface area (Å²) in [5, 5.41) is 2.67. The van der Waals surface area contributed by atoms with E-state index in [1.807, 2.05) is 0 Å². The topological polar surface area (TPSA) is 8.17 Å². The van der Waals surface area contributed by atoms with Crippen LogP contribution in [0.15, 0.2) is 66.7 Å². The Morgan fingerprint density at radius 3 is 2.00 bits per heavy atom. The smallest absolute Gasteiger partial charge is 0.0491 e. The summed E-state index contributed by atoms with van der Waals surface area (Å²) in [6.45, 7) is 10.0. The minimum atomic E-state index is 0.985. The van der Waals surface area contributed by atoms with E-state index in [0.717, 1.165) is 19.6 Å². The van der Waals surface area contributed by atoms with Gasteiger partial charge in [-0.05, 0) is 61.2 Å². The number of rotatable bonds is 10. The first kappa shape index (κ1) is 22.2. The fourth-order valence-corrected chi connectivity index (χ4v) is 4.57. The van der Waals surface area contributed by atoms with Crippen LogP contribution in [0.5, 0.6) is 0 Å². The lowest BCUT2D eigenvalue weighted by Gasteiger charge is -2.24. The van der Waals surface area contributed by atoms with Crippen LogP contribution < -0.4 is 4.90 Å². The Balaban J connectivity index is 1.55. The first-order valence-corrected chi connectivity index (χ1v) is 12.3. The molecule has 0 bridgehead atoms. The van der Waals surface area contributed by atoms with Gasteiger partial charge in [-0.15, -0.1) is 0 Å². The number of aromatic nitrogens is 1. The molecule has 0 saturated carbocycles. The number of fused-ring (bicyclic) bond motifs is 3. The quantitative estimate of drug-likeness (QED) is 0.232. The van der Waals surface area contributed by atoms with Crippen molar-refractivity contribution in [3.05, 3.63) is 77.9 Å². The van der Waals surface area contributed by atoms with Crippen molar-refractivity contribution in [1.29, 1.82) is 0 Å². The Kier molecular flexibility index (Phi) is 7.32. The van der Waals surface area contributed by atoms with Gasteiger partial charge in [0.25, 0.3) is 0 Å². The van der Waals surface area contributed by atoms with Crippen molar-refractivity contribution in [2.45, 2.75) is 53.0 Å². The number of para-hydroxylation sites is 1. The lowest BCUT2D eigenvalue weighted by atomic mass is 10.1. The number of hydrogen-bond donors (Lipinski definition) is 0. The third-order valence-corrected chi connectivity index (χ3v) is 6.40. The highest BCUT2D eigenvalue weighted by atomic mass is 15.1. The van der Waals surface area contributed by atoms with Crippen LogP contribution in [0.1, 0.15) is 57.6 Å². The molecule has 32 heavy (non-hydrogen) atoms. The minimum absolute atomic E-state index is 0.985. The fourth-order valence-electron chi connectivity index (χ4n) is 4.57. The van der Waals surface area contributed by atoms with Crippen LogP contribution in [-0.4, -0.2) is 17.7 Å². The van der Waals surface area contributed by atoms with Crippen LogP contribution in [-0.2, 0) is 6.54 Å². The summed E-state index contributed by atoms with van der Waals surface area (Å²) < 4.78 is 2.40. The summed E-state index contributed by atoms with van der Waals surface area (Å²) in [4.78, 5) is 2.54. The largest absolute Gasteiger partial charge is 0.372 e. The summed E-state index contributed by atoms with van der Waals surface area (Å²) >= 11 is 0. The van der Waals surface area contributed by atoms with Crippen molar-refractivity contribution in [1.82, 2.24) is 4.57 Å². The van der Waals surface area contributed by atoms with Crippen LogP contribution in [0.3, 0.4) is 0 Å². The lowest BCUT2D eigenvalue weighted by Crippen LogP contribution is -2.25. The van der Waals surface area contributed by atoms with Crippen molar-refractivity contribution in [3.63, 3.8) is 0 Å². The molecule has 0 N–H and O–H groups in total. The van der Waals surface area contributed by atoms with Crippen molar-refractivity contribution in [2.75, 3.05) is 18.0 Å². The van der Waals surface area contributed by atoms with E-state index < -0.39 is 0 Å². The van der Waals surface area contributed by atoms with E-state index in [9.17, 15) is 0 Å². The number of hydrogen-bond acceptors (Lipinski definition) is 1.